The average Bonchev–Trinajstić information content (AvgIpc) is 2.41. The van der Waals surface area contributed by atoms with Gasteiger partial charge in [0, 0.05) is 19.3 Å². The van der Waals surface area contributed by atoms with Crippen molar-refractivity contribution in [3.8, 4) is 0 Å². The number of aromatic nitrogens is 1. The van der Waals surface area contributed by atoms with Gasteiger partial charge in [0.2, 0.25) is 0 Å². The molecule has 104 valence electrons. The van der Waals surface area contributed by atoms with E-state index in [1.807, 2.05) is 19.2 Å². The van der Waals surface area contributed by atoms with Gasteiger partial charge < -0.3 is 5.73 Å². The smallest absolute Gasteiger partial charge is 0.141 e. The molecule has 0 aliphatic rings. The van der Waals surface area contributed by atoms with Gasteiger partial charge in [0.1, 0.15) is 17.3 Å². The van der Waals surface area contributed by atoms with Crippen LogP contribution in [0.5, 0.6) is 0 Å². The van der Waals surface area contributed by atoms with Gasteiger partial charge in [0.25, 0.3) is 0 Å². The number of amidine groups is 1. The van der Waals surface area contributed by atoms with Crippen molar-refractivity contribution in [2.75, 3.05) is 7.05 Å². The van der Waals surface area contributed by atoms with Crippen LogP contribution in [0.15, 0.2) is 42.6 Å². The first-order chi connectivity index (χ1) is 9.54. The van der Waals surface area contributed by atoms with Crippen LogP contribution in [0.2, 0.25) is 0 Å². The Hall–Kier alpha value is -2.27. The maximum absolute atomic E-state index is 12.8. The number of nitrogens with two attached hydrogens (primary N) is 1. The monoisotopic (exact) mass is 272 g/mol. The Bertz CT molecular complexity index is 595. The lowest BCUT2D eigenvalue weighted by Crippen LogP contribution is -2.18. The number of nitrogens with one attached hydrogen (secondary N) is 1. The fourth-order valence-electron chi connectivity index (χ4n) is 1.99. The summed E-state index contributed by atoms with van der Waals surface area (Å²) in [6.07, 6.45) is 1.65. The zero-order valence-corrected chi connectivity index (χ0v) is 11.3. The first-order valence-corrected chi connectivity index (χ1v) is 6.27. The molecule has 0 spiro atoms. The number of nitrogen functional groups attached to an aromatic ring is 1. The highest BCUT2D eigenvalue weighted by Gasteiger charge is 2.05. The minimum atomic E-state index is -0.225. The Morgan fingerprint density at radius 2 is 1.85 bits per heavy atom. The van der Waals surface area contributed by atoms with Crippen LogP contribution in [-0.2, 0) is 13.1 Å². The van der Waals surface area contributed by atoms with Gasteiger partial charge >= 0.3 is 0 Å². The molecule has 0 bridgehead atoms. The Kier molecular flexibility index (Phi) is 4.42. The van der Waals surface area contributed by atoms with Crippen LogP contribution in [0.3, 0.4) is 0 Å². The van der Waals surface area contributed by atoms with Crippen molar-refractivity contribution < 1.29 is 4.39 Å². The summed E-state index contributed by atoms with van der Waals surface area (Å²) in [5.41, 5.74) is 7.99. The lowest BCUT2D eigenvalue weighted by molar-refractivity contribution is 0.319. The normalized spacial score (nSPS) is 10.8. The molecule has 1 aromatic carbocycles. The third-order valence-electron chi connectivity index (χ3n) is 2.92. The van der Waals surface area contributed by atoms with Crippen LogP contribution in [-0.4, -0.2) is 22.8 Å². The van der Waals surface area contributed by atoms with Gasteiger partial charge in [-0.15, -0.1) is 0 Å². The largest absolute Gasteiger partial charge is 0.382 e. The van der Waals surface area contributed by atoms with E-state index in [-0.39, 0.29) is 11.7 Å². The number of rotatable bonds is 5. The second-order valence-electron chi connectivity index (χ2n) is 4.76. The molecule has 0 atom stereocenters. The van der Waals surface area contributed by atoms with Gasteiger partial charge in [-0.2, -0.15) is 0 Å². The fraction of sp³-hybridized carbons (Fsp3) is 0.200. The lowest BCUT2D eigenvalue weighted by atomic mass is 10.2. The molecule has 0 fully saturated rings. The first-order valence-electron chi connectivity index (χ1n) is 6.27. The Balaban J connectivity index is 2.00. The number of benzene rings is 1. The minimum absolute atomic E-state index is 0.0342. The van der Waals surface area contributed by atoms with Gasteiger partial charge in [0.05, 0.1) is 0 Å². The fourth-order valence-corrected chi connectivity index (χ4v) is 1.99. The molecule has 0 saturated carbocycles. The number of hydrogen-bond donors (Lipinski definition) is 2. The first kappa shape index (κ1) is 14.1. The van der Waals surface area contributed by atoms with Gasteiger partial charge in [-0.25, -0.2) is 4.39 Å². The molecule has 3 N–H and O–H groups in total. The summed E-state index contributed by atoms with van der Waals surface area (Å²) in [5, 5.41) is 7.38. The van der Waals surface area contributed by atoms with E-state index in [9.17, 15) is 4.39 Å². The SMILES string of the molecule is CN(Cc1ccc(F)cc1)Cc1ccnc(C(=N)N)c1. The van der Waals surface area contributed by atoms with Crippen molar-refractivity contribution in [1.82, 2.24) is 9.88 Å². The van der Waals surface area contributed by atoms with Crippen molar-refractivity contribution in [3.63, 3.8) is 0 Å². The summed E-state index contributed by atoms with van der Waals surface area (Å²) >= 11 is 0. The van der Waals surface area contributed by atoms with Crippen LogP contribution in [0.25, 0.3) is 0 Å². The predicted octanol–water partition coefficient (Wildman–Crippen LogP) is 2.14. The van der Waals surface area contributed by atoms with Crippen molar-refractivity contribution in [1.29, 1.82) is 5.41 Å². The molecule has 20 heavy (non-hydrogen) atoms. The average molecular weight is 272 g/mol. The maximum atomic E-state index is 12.8. The van der Waals surface area contributed by atoms with E-state index >= 15 is 0 Å². The third-order valence-corrected chi connectivity index (χ3v) is 2.92. The topological polar surface area (TPSA) is 66.0 Å². The molecule has 0 unspecified atom stereocenters. The van der Waals surface area contributed by atoms with Gasteiger partial charge in [-0.05, 0) is 42.4 Å². The molecule has 0 aliphatic heterocycles. The van der Waals surface area contributed by atoms with Crippen LogP contribution < -0.4 is 5.73 Å². The van der Waals surface area contributed by atoms with E-state index in [1.54, 1.807) is 18.3 Å². The third kappa shape index (κ3) is 3.86. The van der Waals surface area contributed by atoms with Crippen LogP contribution in [0, 0.1) is 11.2 Å². The minimum Gasteiger partial charge on any atom is -0.382 e. The predicted molar refractivity (Wildman–Crippen MR) is 76.8 cm³/mol. The number of pyridine rings is 1. The van der Waals surface area contributed by atoms with Gasteiger partial charge in [-0.1, -0.05) is 12.1 Å². The number of halogens is 1. The van der Waals surface area contributed by atoms with Crippen LogP contribution in [0.1, 0.15) is 16.8 Å². The lowest BCUT2D eigenvalue weighted by Gasteiger charge is -2.17. The van der Waals surface area contributed by atoms with Crippen molar-refractivity contribution in [3.05, 3.63) is 65.2 Å². The van der Waals surface area contributed by atoms with Gasteiger partial charge in [-0.3, -0.25) is 15.3 Å². The highest BCUT2D eigenvalue weighted by molar-refractivity contribution is 5.93. The molecule has 0 amide bonds. The Morgan fingerprint density at radius 1 is 1.20 bits per heavy atom. The second kappa shape index (κ2) is 6.25. The Morgan fingerprint density at radius 3 is 2.50 bits per heavy atom. The molecule has 1 aromatic heterocycles. The zero-order valence-electron chi connectivity index (χ0n) is 11.3. The molecule has 0 saturated heterocycles. The quantitative estimate of drug-likeness (QED) is 0.647. The molecule has 1 heterocycles. The highest BCUT2D eigenvalue weighted by Crippen LogP contribution is 2.09. The molecule has 4 nitrogen and oxygen atoms in total. The summed E-state index contributed by atoms with van der Waals surface area (Å²) in [6, 6.07) is 10.2. The molecule has 5 heteroatoms. The summed E-state index contributed by atoms with van der Waals surface area (Å²) in [7, 11) is 1.98. The van der Waals surface area contributed by atoms with Crippen LogP contribution >= 0.6 is 0 Å². The van der Waals surface area contributed by atoms with Gasteiger partial charge in [0.15, 0.2) is 0 Å². The van der Waals surface area contributed by atoms with E-state index < -0.39 is 0 Å². The van der Waals surface area contributed by atoms with Crippen LogP contribution in [0.4, 0.5) is 4.39 Å². The molecular formula is C15H17FN4. The van der Waals surface area contributed by atoms with E-state index in [2.05, 4.69) is 9.88 Å². The molecule has 0 radical (unpaired) electrons. The molecule has 0 aliphatic carbocycles. The number of nitrogens with zero attached hydrogens (tertiary/aromatic N) is 2. The van der Waals surface area contributed by atoms with Crippen molar-refractivity contribution in [2.45, 2.75) is 13.1 Å². The summed E-state index contributed by atoms with van der Waals surface area (Å²) < 4.78 is 12.8. The maximum Gasteiger partial charge on any atom is 0.141 e. The second-order valence-corrected chi connectivity index (χ2v) is 4.76. The summed E-state index contributed by atoms with van der Waals surface area (Å²) in [6.45, 7) is 1.43. The number of hydrogen-bond acceptors (Lipinski definition) is 3. The zero-order chi connectivity index (χ0) is 14.5. The van der Waals surface area contributed by atoms with Crippen molar-refractivity contribution in [2.24, 2.45) is 5.73 Å². The molecule has 2 rings (SSSR count). The van der Waals surface area contributed by atoms with E-state index in [1.165, 1.54) is 12.1 Å². The standard InChI is InChI=1S/C15H17FN4/c1-20(9-11-2-4-13(16)5-3-11)10-12-6-7-19-14(8-12)15(17)18/h2-8H,9-10H2,1H3,(H3,17,18). The Labute approximate surface area is 117 Å². The molecular weight excluding hydrogens is 255 g/mol. The molecule has 2 aromatic rings. The van der Waals surface area contributed by atoms with E-state index in [4.69, 9.17) is 11.1 Å². The van der Waals surface area contributed by atoms with E-state index in [0.29, 0.717) is 12.2 Å². The van der Waals surface area contributed by atoms with Crippen molar-refractivity contribution >= 4 is 5.84 Å². The summed E-state index contributed by atoms with van der Waals surface area (Å²) in [5.74, 6) is -0.260. The van der Waals surface area contributed by atoms with E-state index in [0.717, 1.165) is 17.7 Å². The highest BCUT2D eigenvalue weighted by atomic mass is 19.1. The summed E-state index contributed by atoms with van der Waals surface area (Å²) in [4.78, 5) is 6.13.